The van der Waals surface area contributed by atoms with Gasteiger partial charge in [-0.05, 0) is 37.1 Å². The Balaban J connectivity index is 2.58. The zero-order chi connectivity index (χ0) is 12.6. The number of alkyl halides is 3. The van der Waals surface area contributed by atoms with Crippen molar-refractivity contribution in [2.45, 2.75) is 25.6 Å². The third kappa shape index (κ3) is 2.44. The predicted octanol–water partition coefficient (Wildman–Crippen LogP) is 3.34. The van der Waals surface area contributed by atoms with Gasteiger partial charge in [0.25, 0.3) is 0 Å². The molecule has 0 aliphatic carbocycles. The molecule has 0 aliphatic heterocycles. The zero-order valence-corrected chi connectivity index (χ0v) is 9.21. The van der Waals surface area contributed by atoms with Gasteiger partial charge in [-0.2, -0.15) is 13.2 Å². The smallest absolute Gasteiger partial charge is 0.416 e. The number of hydrogen-bond donors (Lipinski definition) is 1. The van der Waals surface area contributed by atoms with E-state index in [0.29, 0.717) is 23.0 Å². The number of hydrogen-bond acceptors (Lipinski definition) is 2. The highest BCUT2D eigenvalue weighted by Crippen LogP contribution is 2.34. The molecule has 1 atom stereocenters. The van der Waals surface area contributed by atoms with Crippen molar-refractivity contribution in [1.82, 2.24) is 0 Å². The second-order valence-electron chi connectivity index (χ2n) is 4.15. The van der Waals surface area contributed by atoms with E-state index in [-0.39, 0.29) is 6.04 Å². The highest BCUT2D eigenvalue weighted by molar-refractivity contribution is 5.81. The van der Waals surface area contributed by atoms with Crippen molar-refractivity contribution < 1.29 is 17.6 Å². The molecule has 1 aromatic carbocycles. The highest BCUT2D eigenvalue weighted by atomic mass is 19.4. The van der Waals surface area contributed by atoms with Gasteiger partial charge in [-0.1, -0.05) is 0 Å². The Hall–Kier alpha value is -1.49. The van der Waals surface area contributed by atoms with E-state index in [1.807, 2.05) is 0 Å². The molecule has 0 saturated heterocycles. The molecule has 1 unspecified atom stereocenters. The Morgan fingerprint density at radius 3 is 2.65 bits per heavy atom. The molecule has 0 aliphatic rings. The van der Waals surface area contributed by atoms with E-state index in [9.17, 15) is 13.2 Å². The van der Waals surface area contributed by atoms with Gasteiger partial charge in [0.1, 0.15) is 5.58 Å². The third-order valence-electron chi connectivity index (χ3n) is 2.50. The number of benzene rings is 1. The Labute approximate surface area is 96.2 Å². The van der Waals surface area contributed by atoms with Crippen LogP contribution in [0.4, 0.5) is 13.2 Å². The van der Waals surface area contributed by atoms with Crippen LogP contribution in [0.2, 0.25) is 0 Å². The van der Waals surface area contributed by atoms with Crippen molar-refractivity contribution >= 4 is 11.0 Å². The van der Waals surface area contributed by atoms with E-state index in [1.54, 1.807) is 6.92 Å². The standard InChI is InChI=1S/C12H12F3NO/c1-7(16)4-9-6-10(12(13,14)15)5-8-2-3-17-11(8)9/h2-3,5-7H,4,16H2,1H3. The van der Waals surface area contributed by atoms with Crippen LogP contribution < -0.4 is 5.73 Å². The summed E-state index contributed by atoms with van der Waals surface area (Å²) in [6.45, 7) is 1.75. The van der Waals surface area contributed by atoms with Gasteiger partial charge in [0, 0.05) is 11.4 Å². The number of rotatable bonds is 2. The molecule has 2 aromatic rings. The predicted molar refractivity (Wildman–Crippen MR) is 58.6 cm³/mol. The minimum Gasteiger partial charge on any atom is -0.464 e. The molecule has 2 N–H and O–H groups in total. The fourth-order valence-electron chi connectivity index (χ4n) is 1.82. The molecule has 0 spiro atoms. The fraction of sp³-hybridized carbons (Fsp3) is 0.333. The lowest BCUT2D eigenvalue weighted by atomic mass is 10.0. The Morgan fingerprint density at radius 1 is 1.35 bits per heavy atom. The lowest BCUT2D eigenvalue weighted by Gasteiger charge is -2.11. The number of furan rings is 1. The van der Waals surface area contributed by atoms with Crippen molar-refractivity contribution in [2.24, 2.45) is 5.73 Å². The summed E-state index contributed by atoms with van der Waals surface area (Å²) in [4.78, 5) is 0. The van der Waals surface area contributed by atoms with Gasteiger partial charge < -0.3 is 10.2 Å². The Morgan fingerprint density at radius 2 is 2.06 bits per heavy atom. The van der Waals surface area contributed by atoms with Crippen LogP contribution in [-0.4, -0.2) is 6.04 Å². The number of fused-ring (bicyclic) bond motifs is 1. The van der Waals surface area contributed by atoms with Crippen LogP contribution in [0.5, 0.6) is 0 Å². The highest BCUT2D eigenvalue weighted by Gasteiger charge is 2.31. The molecular weight excluding hydrogens is 231 g/mol. The first-order valence-corrected chi connectivity index (χ1v) is 5.21. The molecule has 92 valence electrons. The maximum Gasteiger partial charge on any atom is 0.416 e. The van der Waals surface area contributed by atoms with Crippen molar-refractivity contribution in [2.75, 3.05) is 0 Å². The summed E-state index contributed by atoms with van der Waals surface area (Å²) in [6, 6.07) is 3.50. The van der Waals surface area contributed by atoms with Gasteiger partial charge in [-0.3, -0.25) is 0 Å². The summed E-state index contributed by atoms with van der Waals surface area (Å²) >= 11 is 0. The topological polar surface area (TPSA) is 39.2 Å². The average Bonchev–Trinajstić information content (AvgIpc) is 2.62. The van der Waals surface area contributed by atoms with Gasteiger partial charge >= 0.3 is 6.18 Å². The van der Waals surface area contributed by atoms with E-state index in [4.69, 9.17) is 10.2 Å². The second kappa shape index (κ2) is 4.07. The maximum atomic E-state index is 12.7. The lowest BCUT2D eigenvalue weighted by Crippen LogP contribution is -2.18. The van der Waals surface area contributed by atoms with Crippen LogP contribution >= 0.6 is 0 Å². The molecule has 2 rings (SSSR count). The van der Waals surface area contributed by atoms with Crippen molar-refractivity contribution in [1.29, 1.82) is 0 Å². The molecule has 0 fully saturated rings. The van der Waals surface area contributed by atoms with Crippen molar-refractivity contribution in [3.63, 3.8) is 0 Å². The number of nitrogens with two attached hydrogens (primary N) is 1. The summed E-state index contributed by atoms with van der Waals surface area (Å²) in [6.07, 6.45) is -2.61. The second-order valence-corrected chi connectivity index (χ2v) is 4.15. The largest absolute Gasteiger partial charge is 0.464 e. The lowest BCUT2D eigenvalue weighted by molar-refractivity contribution is -0.137. The van der Waals surface area contributed by atoms with E-state index in [1.165, 1.54) is 12.3 Å². The van der Waals surface area contributed by atoms with E-state index >= 15 is 0 Å². The molecule has 1 aromatic heterocycles. The van der Waals surface area contributed by atoms with Crippen LogP contribution in [0.1, 0.15) is 18.1 Å². The Kier molecular flexibility index (Phi) is 2.87. The van der Waals surface area contributed by atoms with Crippen molar-refractivity contribution in [3.05, 3.63) is 35.6 Å². The molecule has 17 heavy (non-hydrogen) atoms. The molecule has 0 saturated carbocycles. The van der Waals surface area contributed by atoms with Crippen LogP contribution in [0.25, 0.3) is 11.0 Å². The van der Waals surface area contributed by atoms with Crippen LogP contribution in [0, 0.1) is 0 Å². The van der Waals surface area contributed by atoms with E-state index in [2.05, 4.69) is 0 Å². The van der Waals surface area contributed by atoms with Gasteiger partial charge in [0.2, 0.25) is 0 Å². The van der Waals surface area contributed by atoms with Crippen LogP contribution in [0.15, 0.2) is 28.9 Å². The fourth-order valence-corrected chi connectivity index (χ4v) is 1.82. The quantitative estimate of drug-likeness (QED) is 0.878. The SMILES string of the molecule is CC(N)Cc1cc(C(F)(F)F)cc2ccoc12. The summed E-state index contributed by atoms with van der Waals surface area (Å²) in [7, 11) is 0. The first kappa shape index (κ1) is 12.0. The monoisotopic (exact) mass is 243 g/mol. The molecule has 5 heteroatoms. The molecular formula is C12H12F3NO. The molecule has 0 radical (unpaired) electrons. The molecule has 0 amide bonds. The summed E-state index contributed by atoms with van der Waals surface area (Å²) in [5.74, 6) is 0. The summed E-state index contributed by atoms with van der Waals surface area (Å²) in [5.41, 5.74) is 5.93. The summed E-state index contributed by atoms with van der Waals surface area (Å²) in [5, 5.41) is 0.454. The third-order valence-corrected chi connectivity index (χ3v) is 2.50. The normalized spacial score (nSPS) is 14.2. The maximum absolute atomic E-state index is 12.7. The van der Waals surface area contributed by atoms with E-state index in [0.717, 1.165) is 12.1 Å². The van der Waals surface area contributed by atoms with Crippen LogP contribution in [-0.2, 0) is 12.6 Å². The molecule has 1 heterocycles. The van der Waals surface area contributed by atoms with Gasteiger partial charge in [0.15, 0.2) is 0 Å². The minimum absolute atomic E-state index is 0.216. The Bertz CT molecular complexity index is 528. The van der Waals surface area contributed by atoms with E-state index < -0.39 is 11.7 Å². The first-order valence-electron chi connectivity index (χ1n) is 5.21. The van der Waals surface area contributed by atoms with Gasteiger partial charge in [0.05, 0.1) is 11.8 Å². The molecule has 2 nitrogen and oxygen atoms in total. The minimum atomic E-state index is -4.35. The first-order chi connectivity index (χ1) is 7.88. The average molecular weight is 243 g/mol. The van der Waals surface area contributed by atoms with Gasteiger partial charge in [-0.15, -0.1) is 0 Å². The zero-order valence-electron chi connectivity index (χ0n) is 9.21. The summed E-state index contributed by atoms with van der Waals surface area (Å²) < 4.78 is 43.2. The van der Waals surface area contributed by atoms with Gasteiger partial charge in [-0.25, -0.2) is 0 Å². The van der Waals surface area contributed by atoms with Crippen LogP contribution in [0.3, 0.4) is 0 Å². The molecule has 0 bridgehead atoms. The number of halogens is 3. The van der Waals surface area contributed by atoms with Crippen molar-refractivity contribution in [3.8, 4) is 0 Å².